The molecule has 0 spiro atoms. The molecule has 0 saturated carbocycles. The number of allylic oxidation sites excluding steroid dienone is 3. The summed E-state index contributed by atoms with van der Waals surface area (Å²) in [5.41, 5.74) is -1.34. The maximum atomic E-state index is 14.8. The van der Waals surface area contributed by atoms with Crippen LogP contribution in [0.2, 0.25) is 0 Å². The molecule has 2 heterocycles. The third-order valence-electron chi connectivity index (χ3n) is 10.6. The quantitative estimate of drug-likeness (QED) is 0.0784. The molecule has 52 heavy (non-hydrogen) atoms. The third-order valence-corrected chi connectivity index (χ3v) is 10.6. The van der Waals surface area contributed by atoms with E-state index in [0.717, 1.165) is 23.3 Å². The zero-order valence-corrected chi connectivity index (χ0v) is 28.8. The number of phenols is 7. The Morgan fingerprint density at radius 1 is 0.827 bits per heavy atom. The summed E-state index contributed by atoms with van der Waals surface area (Å²) >= 11 is 0. The Kier molecular flexibility index (Phi) is 7.93. The highest BCUT2D eigenvalue weighted by molar-refractivity contribution is 6.10. The lowest BCUT2D eigenvalue weighted by molar-refractivity contribution is -0.0712. The first-order valence-corrected chi connectivity index (χ1v) is 16.8. The number of Topliss-reactive ketones (excluding diaryl/α,β-unsaturated/α-hetero) is 2. The van der Waals surface area contributed by atoms with Gasteiger partial charge in [-0.05, 0) is 70.0 Å². The van der Waals surface area contributed by atoms with E-state index >= 15 is 0 Å². The SMILES string of the molecule is CC(C)=CC[C@@]12Oc3cc(O)c([C@H]4C=C(C)C[C@H](c5ccc(O)cc5O)[C@H]4C(=O)c4ccc(O)cc4O)c(O)c3C(=O)[C@]1(C)Oc1cc(O)ccc12. The van der Waals surface area contributed by atoms with Crippen LogP contribution in [0.25, 0.3) is 0 Å². The molecule has 7 N–H and O–H groups in total. The Labute approximate surface area is 299 Å². The van der Waals surface area contributed by atoms with Crippen LogP contribution in [0.1, 0.15) is 89.8 Å². The highest BCUT2D eigenvalue weighted by Crippen LogP contribution is 2.61. The van der Waals surface area contributed by atoms with Crippen molar-refractivity contribution in [2.24, 2.45) is 5.92 Å². The fourth-order valence-corrected chi connectivity index (χ4v) is 8.13. The van der Waals surface area contributed by atoms with Crippen LogP contribution in [-0.4, -0.2) is 52.9 Å². The van der Waals surface area contributed by atoms with Crippen molar-refractivity contribution in [3.8, 4) is 51.7 Å². The van der Waals surface area contributed by atoms with Crippen LogP contribution in [0, 0.1) is 5.92 Å². The van der Waals surface area contributed by atoms with Crippen molar-refractivity contribution in [3.05, 3.63) is 112 Å². The molecule has 11 nitrogen and oxygen atoms in total. The van der Waals surface area contributed by atoms with Gasteiger partial charge in [-0.2, -0.15) is 0 Å². The first-order chi connectivity index (χ1) is 24.6. The van der Waals surface area contributed by atoms with Gasteiger partial charge in [-0.25, -0.2) is 0 Å². The minimum absolute atomic E-state index is 0.0878. The van der Waals surface area contributed by atoms with E-state index in [-0.39, 0.29) is 64.0 Å². The first kappa shape index (κ1) is 34.4. The monoisotopic (exact) mass is 706 g/mol. The smallest absolute Gasteiger partial charge is 0.218 e. The molecule has 5 atom stereocenters. The number of ether oxygens (including phenoxy) is 2. The summed E-state index contributed by atoms with van der Waals surface area (Å²) in [5, 5.41) is 76.0. The Bertz CT molecular complexity index is 2250. The van der Waals surface area contributed by atoms with Crippen molar-refractivity contribution >= 4 is 11.6 Å². The Balaban J connectivity index is 1.43. The second kappa shape index (κ2) is 12.0. The van der Waals surface area contributed by atoms with Crippen LogP contribution >= 0.6 is 0 Å². The fourth-order valence-electron chi connectivity index (χ4n) is 8.13. The lowest BCUT2D eigenvalue weighted by atomic mass is 9.64. The largest absolute Gasteiger partial charge is 0.508 e. The Morgan fingerprint density at radius 2 is 1.48 bits per heavy atom. The standard InChI is InChI=1S/C41H38O11/c1-19(2)11-12-41-28-10-7-23(44)17-32(28)51-40(41,4)39(50)36-33(52-41)18-31(47)35(38(36)49)27-14-20(3)13-26(24-8-5-21(42)15-29(24)45)34(27)37(48)25-9-6-22(43)16-30(25)46/h5-11,14-18,26-27,34,42-47,49H,12-13H2,1-4H3/t26-,27+,34-,40+,41+/m1/s1. The molecule has 1 aliphatic carbocycles. The van der Waals surface area contributed by atoms with Gasteiger partial charge in [0, 0.05) is 59.6 Å². The van der Waals surface area contributed by atoms with Crippen LogP contribution in [0.4, 0.5) is 0 Å². The molecular formula is C41H38O11. The van der Waals surface area contributed by atoms with Crippen LogP contribution in [0.3, 0.4) is 0 Å². The number of benzene rings is 4. The highest BCUT2D eigenvalue weighted by atomic mass is 16.6. The Morgan fingerprint density at radius 3 is 2.15 bits per heavy atom. The summed E-state index contributed by atoms with van der Waals surface area (Å²) in [6, 6.07) is 13.2. The van der Waals surface area contributed by atoms with Crippen molar-refractivity contribution < 1.29 is 54.8 Å². The number of hydrogen-bond donors (Lipinski definition) is 7. The number of hydrogen-bond acceptors (Lipinski definition) is 11. The Hall–Kier alpha value is -6.10. The molecule has 2 aliphatic heterocycles. The molecule has 268 valence electrons. The molecule has 3 aliphatic rings. The van der Waals surface area contributed by atoms with Gasteiger partial charge in [0.1, 0.15) is 57.3 Å². The minimum atomic E-state index is -1.75. The van der Waals surface area contributed by atoms with Crippen molar-refractivity contribution in [3.63, 3.8) is 0 Å². The molecule has 0 fully saturated rings. The number of rotatable bonds is 6. The fraction of sp³-hybridized carbons (Fsp3) is 0.268. The van der Waals surface area contributed by atoms with Gasteiger partial charge in [0.15, 0.2) is 11.4 Å². The molecular weight excluding hydrogens is 668 g/mol. The van der Waals surface area contributed by atoms with Gasteiger partial charge in [-0.3, -0.25) is 9.59 Å². The molecule has 0 unspecified atom stereocenters. The van der Waals surface area contributed by atoms with E-state index in [1.165, 1.54) is 42.5 Å². The van der Waals surface area contributed by atoms with Gasteiger partial charge in [-0.15, -0.1) is 0 Å². The molecule has 11 heteroatoms. The van der Waals surface area contributed by atoms with E-state index in [9.17, 15) is 45.3 Å². The summed E-state index contributed by atoms with van der Waals surface area (Å²) in [7, 11) is 0. The summed E-state index contributed by atoms with van der Waals surface area (Å²) in [4.78, 5) is 29.4. The molecule has 0 aromatic heterocycles. The predicted molar refractivity (Wildman–Crippen MR) is 189 cm³/mol. The van der Waals surface area contributed by atoms with Crippen molar-refractivity contribution in [2.45, 2.75) is 63.6 Å². The molecule has 7 rings (SSSR count). The topological polar surface area (TPSA) is 194 Å². The molecule has 4 aromatic carbocycles. The zero-order valence-electron chi connectivity index (χ0n) is 28.8. The average Bonchev–Trinajstić information content (AvgIpc) is 3.30. The van der Waals surface area contributed by atoms with Crippen molar-refractivity contribution in [1.82, 2.24) is 0 Å². The van der Waals surface area contributed by atoms with E-state index < -0.39 is 57.8 Å². The lowest BCUT2D eigenvalue weighted by Crippen LogP contribution is -2.60. The van der Waals surface area contributed by atoms with Crippen molar-refractivity contribution in [1.29, 1.82) is 0 Å². The summed E-state index contributed by atoms with van der Waals surface area (Å²) in [6.07, 6.45) is 3.99. The van der Waals surface area contributed by atoms with E-state index in [0.29, 0.717) is 11.1 Å². The van der Waals surface area contributed by atoms with E-state index in [1.807, 2.05) is 19.9 Å². The highest BCUT2D eigenvalue weighted by Gasteiger charge is 2.67. The maximum absolute atomic E-state index is 14.8. The second-order valence-electron chi connectivity index (χ2n) is 14.3. The third kappa shape index (κ3) is 5.10. The maximum Gasteiger partial charge on any atom is 0.218 e. The lowest BCUT2D eigenvalue weighted by Gasteiger charge is -2.45. The van der Waals surface area contributed by atoms with Crippen LogP contribution in [0.5, 0.6) is 51.7 Å². The molecule has 0 bridgehead atoms. The van der Waals surface area contributed by atoms with E-state index in [2.05, 4.69) is 0 Å². The summed E-state index contributed by atoms with van der Waals surface area (Å²) in [6.45, 7) is 7.12. The van der Waals surface area contributed by atoms with Gasteiger partial charge in [0.2, 0.25) is 11.4 Å². The van der Waals surface area contributed by atoms with Crippen molar-refractivity contribution in [2.75, 3.05) is 0 Å². The number of aromatic hydroxyl groups is 7. The molecule has 4 aromatic rings. The number of carbonyl (C=O) groups excluding carboxylic acids is 2. The van der Waals surface area contributed by atoms with Crippen LogP contribution in [-0.2, 0) is 5.60 Å². The van der Waals surface area contributed by atoms with E-state index in [1.54, 1.807) is 26.0 Å². The zero-order chi connectivity index (χ0) is 37.4. The summed E-state index contributed by atoms with van der Waals surface area (Å²) in [5.74, 6) is -6.82. The average molecular weight is 707 g/mol. The van der Waals surface area contributed by atoms with Crippen LogP contribution in [0.15, 0.2) is 84.0 Å². The van der Waals surface area contributed by atoms with Gasteiger partial charge in [-0.1, -0.05) is 29.4 Å². The molecule has 0 amide bonds. The first-order valence-electron chi connectivity index (χ1n) is 16.8. The van der Waals surface area contributed by atoms with Crippen LogP contribution < -0.4 is 9.47 Å². The number of phenolic OH excluding ortho intramolecular Hbond substituents is 7. The van der Waals surface area contributed by atoms with Gasteiger partial charge < -0.3 is 45.2 Å². The number of fused-ring (bicyclic) bond motifs is 4. The van der Waals surface area contributed by atoms with Gasteiger partial charge in [0.05, 0.1) is 5.56 Å². The minimum Gasteiger partial charge on any atom is -0.508 e. The molecule has 0 radical (unpaired) electrons. The molecule has 0 saturated heterocycles. The van der Waals surface area contributed by atoms with Gasteiger partial charge >= 0.3 is 0 Å². The predicted octanol–water partition coefficient (Wildman–Crippen LogP) is 7.32. The second-order valence-corrected chi connectivity index (χ2v) is 14.3. The normalized spacial score (nSPS) is 24.4. The van der Waals surface area contributed by atoms with E-state index in [4.69, 9.17) is 9.47 Å². The number of carbonyl (C=O) groups is 2. The number of ketones is 2. The summed E-state index contributed by atoms with van der Waals surface area (Å²) < 4.78 is 13.0. The van der Waals surface area contributed by atoms with Gasteiger partial charge in [0.25, 0.3) is 0 Å².